The molecular formula is C13H23N3. The average molecular weight is 221 g/mol. The predicted octanol–water partition coefficient (Wildman–Crippen LogP) is 3.52. The summed E-state index contributed by atoms with van der Waals surface area (Å²) in [4.78, 5) is 4.21. The zero-order valence-electron chi connectivity index (χ0n) is 11.2. The number of rotatable bonds is 0. The number of aromatic nitrogens is 2. The van der Waals surface area contributed by atoms with E-state index in [0.29, 0.717) is 5.95 Å². The molecule has 2 rings (SSSR count). The summed E-state index contributed by atoms with van der Waals surface area (Å²) in [6.07, 6.45) is 0. The standard InChI is InChI=1S/C9H11N3.2C2H6/c1-6-3-4-8-7(5-6)11-9(10)12(8)2;2*1-2/h3-5H,1-2H3,(H2,10,11);2*1-2H3. The second-order valence-electron chi connectivity index (χ2n) is 3.02. The van der Waals surface area contributed by atoms with Crippen LogP contribution in [-0.4, -0.2) is 9.55 Å². The zero-order valence-corrected chi connectivity index (χ0v) is 11.2. The summed E-state index contributed by atoms with van der Waals surface area (Å²) in [6.45, 7) is 10.0. The van der Waals surface area contributed by atoms with Gasteiger partial charge in [-0.3, -0.25) is 0 Å². The van der Waals surface area contributed by atoms with E-state index in [9.17, 15) is 0 Å². The second kappa shape index (κ2) is 6.88. The lowest BCUT2D eigenvalue weighted by Crippen LogP contribution is -1.95. The monoisotopic (exact) mass is 221 g/mol. The molecule has 0 unspecified atom stereocenters. The molecule has 3 nitrogen and oxygen atoms in total. The van der Waals surface area contributed by atoms with E-state index in [1.54, 1.807) is 0 Å². The molecule has 1 heterocycles. The highest BCUT2D eigenvalue weighted by atomic mass is 15.1. The average Bonchev–Trinajstić information content (AvgIpc) is 2.60. The van der Waals surface area contributed by atoms with Crippen LogP contribution in [0.1, 0.15) is 33.3 Å². The normalized spacial score (nSPS) is 8.88. The predicted molar refractivity (Wildman–Crippen MR) is 72.6 cm³/mol. The Kier molecular flexibility index (Phi) is 6.23. The number of anilines is 1. The van der Waals surface area contributed by atoms with Gasteiger partial charge in [-0.1, -0.05) is 33.8 Å². The van der Waals surface area contributed by atoms with E-state index in [1.165, 1.54) is 5.56 Å². The molecular weight excluding hydrogens is 198 g/mol. The Bertz CT molecular complexity index is 430. The molecule has 1 aromatic heterocycles. The molecule has 0 aliphatic rings. The molecule has 0 aliphatic carbocycles. The van der Waals surface area contributed by atoms with E-state index >= 15 is 0 Å². The van der Waals surface area contributed by atoms with Crippen LogP contribution in [-0.2, 0) is 7.05 Å². The molecule has 0 atom stereocenters. The van der Waals surface area contributed by atoms with Gasteiger partial charge in [0.25, 0.3) is 0 Å². The maximum atomic E-state index is 5.65. The third kappa shape index (κ3) is 2.99. The molecule has 2 N–H and O–H groups in total. The van der Waals surface area contributed by atoms with Crippen molar-refractivity contribution in [1.29, 1.82) is 0 Å². The SMILES string of the molecule is CC.CC.Cc1ccc2c(c1)nc(N)n2C. The fourth-order valence-electron chi connectivity index (χ4n) is 1.33. The van der Waals surface area contributed by atoms with E-state index in [4.69, 9.17) is 5.73 Å². The molecule has 0 saturated heterocycles. The topological polar surface area (TPSA) is 43.8 Å². The molecule has 0 radical (unpaired) electrons. The Balaban J connectivity index is 0.000000509. The van der Waals surface area contributed by atoms with Gasteiger partial charge in [0.15, 0.2) is 0 Å². The van der Waals surface area contributed by atoms with Crippen molar-refractivity contribution in [2.24, 2.45) is 7.05 Å². The zero-order chi connectivity index (χ0) is 12.7. The maximum absolute atomic E-state index is 5.65. The Morgan fingerprint density at radius 1 is 1.12 bits per heavy atom. The van der Waals surface area contributed by atoms with Crippen LogP contribution < -0.4 is 5.73 Å². The lowest BCUT2D eigenvalue weighted by molar-refractivity contribution is 0.965. The number of hydrogen-bond donors (Lipinski definition) is 1. The number of fused-ring (bicyclic) bond motifs is 1. The highest BCUT2D eigenvalue weighted by Crippen LogP contribution is 2.16. The van der Waals surface area contributed by atoms with Gasteiger partial charge < -0.3 is 10.3 Å². The van der Waals surface area contributed by atoms with Crippen molar-refractivity contribution in [3.8, 4) is 0 Å². The largest absolute Gasteiger partial charge is 0.369 e. The van der Waals surface area contributed by atoms with E-state index in [1.807, 2.05) is 58.4 Å². The van der Waals surface area contributed by atoms with Gasteiger partial charge in [0.05, 0.1) is 11.0 Å². The molecule has 0 fully saturated rings. The number of imidazole rings is 1. The van der Waals surface area contributed by atoms with E-state index in [-0.39, 0.29) is 0 Å². The highest BCUT2D eigenvalue weighted by molar-refractivity contribution is 5.78. The molecule has 0 aliphatic heterocycles. The molecule has 2 aromatic rings. The van der Waals surface area contributed by atoms with Crippen molar-refractivity contribution in [2.45, 2.75) is 34.6 Å². The molecule has 0 saturated carbocycles. The Morgan fingerprint density at radius 2 is 1.69 bits per heavy atom. The van der Waals surface area contributed by atoms with Gasteiger partial charge in [-0.05, 0) is 24.6 Å². The van der Waals surface area contributed by atoms with Crippen molar-refractivity contribution < 1.29 is 0 Å². The van der Waals surface area contributed by atoms with Gasteiger partial charge in [0.2, 0.25) is 5.95 Å². The van der Waals surface area contributed by atoms with Gasteiger partial charge >= 0.3 is 0 Å². The summed E-state index contributed by atoms with van der Waals surface area (Å²) in [5, 5.41) is 0. The molecule has 3 heteroatoms. The number of nitrogens with zero attached hydrogens (tertiary/aromatic N) is 2. The quantitative estimate of drug-likeness (QED) is 0.739. The number of hydrogen-bond acceptors (Lipinski definition) is 2. The van der Waals surface area contributed by atoms with E-state index < -0.39 is 0 Å². The number of aryl methyl sites for hydroxylation is 2. The van der Waals surface area contributed by atoms with E-state index in [2.05, 4.69) is 11.1 Å². The summed E-state index contributed by atoms with van der Waals surface area (Å²) in [7, 11) is 1.92. The lowest BCUT2D eigenvalue weighted by Gasteiger charge is -1.95. The van der Waals surface area contributed by atoms with Crippen LogP contribution in [0.3, 0.4) is 0 Å². The van der Waals surface area contributed by atoms with E-state index in [0.717, 1.165) is 11.0 Å². The fourth-order valence-corrected chi connectivity index (χ4v) is 1.33. The minimum absolute atomic E-state index is 0.565. The van der Waals surface area contributed by atoms with Crippen molar-refractivity contribution in [1.82, 2.24) is 9.55 Å². The molecule has 0 amide bonds. The van der Waals surface area contributed by atoms with Crippen LogP contribution in [0.5, 0.6) is 0 Å². The molecule has 0 bridgehead atoms. The number of nitrogens with two attached hydrogens (primary N) is 1. The second-order valence-corrected chi connectivity index (χ2v) is 3.02. The first kappa shape index (κ1) is 14.5. The maximum Gasteiger partial charge on any atom is 0.200 e. The van der Waals surface area contributed by atoms with Crippen LogP contribution >= 0.6 is 0 Å². The molecule has 0 spiro atoms. The minimum atomic E-state index is 0.565. The van der Waals surface area contributed by atoms with Crippen LogP contribution in [0.2, 0.25) is 0 Å². The van der Waals surface area contributed by atoms with Gasteiger partial charge in [-0.15, -0.1) is 0 Å². The first-order valence-electron chi connectivity index (χ1n) is 5.87. The van der Waals surface area contributed by atoms with Gasteiger partial charge in [-0.2, -0.15) is 0 Å². The van der Waals surface area contributed by atoms with Crippen LogP contribution in [0, 0.1) is 6.92 Å². The first-order valence-corrected chi connectivity index (χ1v) is 5.87. The number of benzene rings is 1. The van der Waals surface area contributed by atoms with Crippen molar-refractivity contribution in [2.75, 3.05) is 5.73 Å². The third-order valence-corrected chi connectivity index (χ3v) is 2.07. The highest BCUT2D eigenvalue weighted by Gasteiger charge is 2.02. The van der Waals surface area contributed by atoms with Crippen LogP contribution in [0.25, 0.3) is 11.0 Å². The Morgan fingerprint density at radius 3 is 2.25 bits per heavy atom. The third-order valence-electron chi connectivity index (χ3n) is 2.07. The fraction of sp³-hybridized carbons (Fsp3) is 0.462. The Hall–Kier alpha value is -1.51. The number of nitrogen functional groups attached to an aromatic ring is 1. The first-order chi connectivity index (χ1) is 7.68. The lowest BCUT2D eigenvalue weighted by atomic mass is 10.2. The van der Waals surface area contributed by atoms with Crippen molar-refractivity contribution >= 4 is 17.0 Å². The van der Waals surface area contributed by atoms with Gasteiger partial charge in [0, 0.05) is 7.05 Å². The van der Waals surface area contributed by atoms with Crippen LogP contribution in [0.15, 0.2) is 18.2 Å². The van der Waals surface area contributed by atoms with Crippen LogP contribution in [0.4, 0.5) is 5.95 Å². The minimum Gasteiger partial charge on any atom is -0.369 e. The molecule has 90 valence electrons. The molecule has 1 aromatic carbocycles. The smallest absolute Gasteiger partial charge is 0.200 e. The summed E-state index contributed by atoms with van der Waals surface area (Å²) < 4.78 is 1.88. The van der Waals surface area contributed by atoms with Crippen molar-refractivity contribution in [3.05, 3.63) is 23.8 Å². The summed E-state index contributed by atoms with van der Waals surface area (Å²) >= 11 is 0. The summed E-state index contributed by atoms with van der Waals surface area (Å²) in [5.74, 6) is 0.565. The molecule has 16 heavy (non-hydrogen) atoms. The Labute approximate surface area is 98.3 Å². The summed E-state index contributed by atoms with van der Waals surface area (Å²) in [6, 6.07) is 6.13. The van der Waals surface area contributed by atoms with Gasteiger partial charge in [0.1, 0.15) is 0 Å². The summed E-state index contributed by atoms with van der Waals surface area (Å²) in [5.41, 5.74) is 8.91. The van der Waals surface area contributed by atoms with Crippen molar-refractivity contribution in [3.63, 3.8) is 0 Å². The van der Waals surface area contributed by atoms with Gasteiger partial charge in [-0.25, -0.2) is 4.98 Å².